The average molecular weight is 238 g/mol. The van der Waals surface area contributed by atoms with Crippen molar-refractivity contribution in [3.8, 4) is 5.75 Å². The van der Waals surface area contributed by atoms with Crippen LogP contribution in [-0.2, 0) is 13.0 Å². The zero-order valence-corrected chi connectivity index (χ0v) is 10.7. The van der Waals surface area contributed by atoms with E-state index in [1.807, 2.05) is 36.4 Å². The van der Waals surface area contributed by atoms with Gasteiger partial charge in [-0.15, -0.1) is 0 Å². The highest BCUT2D eigenvalue weighted by atomic mass is 16.5. The molecule has 0 saturated heterocycles. The lowest BCUT2D eigenvalue weighted by Crippen LogP contribution is -1.97. The molecular formula is C17H18O. The summed E-state index contributed by atoms with van der Waals surface area (Å²) in [6.45, 7) is 6.54. The normalized spacial score (nSPS) is 10.1. The zero-order valence-electron chi connectivity index (χ0n) is 10.7. The van der Waals surface area contributed by atoms with Gasteiger partial charge in [0, 0.05) is 0 Å². The van der Waals surface area contributed by atoms with E-state index >= 15 is 0 Å². The Hall–Kier alpha value is -2.02. The fraction of sp³-hybridized carbons (Fsp3) is 0.176. The molecule has 0 spiro atoms. The quantitative estimate of drug-likeness (QED) is 0.746. The van der Waals surface area contributed by atoms with Gasteiger partial charge in [-0.05, 0) is 35.2 Å². The smallest absolute Gasteiger partial charge is 0.119 e. The summed E-state index contributed by atoms with van der Waals surface area (Å²) in [6.07, 6.45) is 2.92. The Kier molecular flexibility index (Phi) is 4.19. The molecule has 0 amide bonds. The first-order chi connectivity index (χ1) is 8.83. The van der Waals surface area contributed by atoms with Crippen LogP contribution >= 0.6 is 0 Å². The summed E-state index contributed by atoms with van der Waals surface area (Å²) >= 11 is 0. The first-order valence-corrected chi connectivity index (χ1v) is 6.25. The van der Waals surface area contributed by atoms with Gasteiger partial charge in [0.05, 0.1) is 0 Å². The summed E-state index contributed by atoms with van der Waals surface area (Å²) in [4.78, 5) is 0. The number of rotatable bonds is 5. The Morgan fingerprint density at radius 2 is 1.78 bits per heavy atom. The summed E-state index contributed by atoms with van der Waals surface area (Å²) in [6, 6.07) is 16.4. The maximum atomic E-state index is 5.79. The average Bonchev–Trinajstić information content (AvgIpc) is 2.46. The van der Waals surface area contributed by atoms with Crippen LogP contribution in [0.25, 0.3) is 6.08 Å². The summed E-state index contributed by atoms with van der Waals surface area (Å²) in [5.74, 6) is 0.908. The van der Waals surface area contributed by atoms with Crippen LogP contribution in [0.3, 0.4) is 0 Å². The van der Waals surface area contributed by atoms with Crippen molar-refractivity contribution in [1.29, 1.82) is 0 Å². The van der Waals surface area contributed by atoms with Gasteiger partial charge in [-0.1, -0.05) is 56.0 Å². The Morgan fingerprint density at radius 3 is 2.44 bits per heavy atom. The first kappa shape index (κ1) is 12.4. The molecule has 0 N–H and O–H groups in total. The van der Waals surface area contributed by atoms with E-state index in [1.54, 1.807) is 0 Å². The van der Waals surface area contributed by atoms with Gasteiger partial charge in [0.1, 0.15) is 12.4 Å². The van der Waals surface area contributed by atoms with Gasteiger partial charge in [-0.25, -0.2) is 0 Å². The lowest BCUT2D eigenvalue weighted by atomic mass is 10.1. The minimum atomic E-state index is 0.577. The van der Waals surface area contributed by atoms with Crippen molar-refractivity contribution < 1.29 is 4.74 Å². The van der Waals surface area contributed by atoms with Gasteiger partial charge in [0.15, 0.2) is 0 Å². The van der Waals surface area contributed by atoms with E-state index in [2.05, 4.69) is 31.7 Å². The predicted octanol–water partition coefficient (Wildman–Crippen LogP) is 4.47. The van der Waals surface area contributed by atoms with Gasteiger partial charge < -0.3 is 4.74 Å². The van der Waals surface area contributed by atoms with Crippen LogP contribution in [0.15, 0.2) is 55.1 Å². The predicted molar refractivity (Wildman–Crippen MR) is 76.7 cm³/mol. The highest BCUT2D eigenvalue weighted by Gasteiger charge is 2.00. The maximum absolute atomic E-state index is 5.79. The molecular weight excluding hydrogens is 220 g/mol. The van der Waals surface area contributed by atoms with E-state index < -0.39 is 0 Å². The summed E-state index contributed by atoms with van der Waals surface area (Å²) < 4.78 is 5.79. The van der Waals surface area contributed by atoms with Crippen molar-refractivity contribution in [2.24, 2.45) is 0 Å². The Labute approximate surface area is 109 Å². The number of hydrogen-bond donors (Lipinski definition) is 0. The van der Waals surface area contributed by atoms with Crippen LogP contribution in [0, 0.1) is 0 Å². The third-order valence-corrected chi connectivity index (χ3v) is 3.00. The molecule has 0 aliphatic carbocycles. The Balaban J connectivity index is 2.04. The zero-order chi connectivity index (χ0) is 12.8. The number of hydrogen-bond acceptors (Lipinski definition) is 1. The first-order valence-electron chi connectivity index (χ1n) is 6.25. The lowest BCUT2D eigenvalue weighted by molar-refractivity contribution is 0.306. The molecule has 18 heavy (non-hydrogen) atoms. The third kappa shape index (κ3) is 3.01. The molecule has 2 aromatic rings. The molecule has 0 heterocycles. The largest absolute Gasteiger partial charge is 0.489 e. The lowest BCUT2D eigenvalue weighted by Gasteiger charge is -2.09. The van der Waals surface area contributed by atoms with Crippen molar-refractivity contribution in [1.82, 2.24) is 0 Å². The molecule has 0 atom stereocenters. The molecule has 2 rings (SSSR count). The molecule has 2 aromatic carbocycles. The number of ether oxygens (including phenoxy) is 1. The SMILES string of the molecule is C=Cc1ccccc1COc1ccc(CC)cc1. The molecule has 0 radical (unpaired) electrons. The minimum absolute atomic E-state index is 0.577. The molecule has 1 heteroatoms. The highest BCUT2D eigenvalue weighted by Crippen LogP contribution is 2.16. The fourth-order valence-corrected chi connectivity index (χ4v) is 1.85. The molecule has 0 unspecified atom stereocenters. The monoisotopic (exact) mass is 238 g/mol. The minimum Gasteiger partial charge on any atom is -0.489 e. The van der Waals surface area contributed by atoms with E-state index in [0.29, 0.717) is 6.61 Å². The molecule has 1 nitrogen and oxygen atoms in total. The van der Waals surface area contributed by atoms with Crippen LogP contribution < -0.4 is 4.74 Å². The highest BCUT2D eigenvalue weighted by molar-refractivity contribution is 5.51. The van der Waals surface area contributed by atoms with Gasteiger partial charge >= 0.3 is 0 Å². The van der Waals surface area contributed by atoms with Crippen LogP contribution in [0.5, 0.6) is 5.75 Å². The summed E-state index contributed by atoms with van der Waals surface area (Å²) in [7, 11) is 0. The van der Waals surface area contributed by atoms with Gasteiger partial charge in [0.2, 0.25) is 0 Å². The van der Waals surface area contributed by atoms with E-state index in [4.69, 9.17) is 4.74 Å². The summed E-state index contributed by atoms with van der Waals surface area (Å²) in [5, 5.41) is 0. The van der Waals surface area contributed by atoms with Crippen molar-refractivity contribution in [3.05, 3.63) is 71.8 Å². The molecule has 0 bridgehead atoms. The third-order valence-electron chi connectivity index (χ3n) is 3.00. The molecule has 0 saturated carbocycles. The molecule has 0 fully saturated rings. The second kappa shape index (κ2) is 6.06. The van der Waals surface area contributed by atoms with Crippen molar-refractivity contribution >= 4 is 6.08 Å². The van der Waals surface area contributed by atoms with Gasteiger partial charge in [-0.3, -0.25) is 0 Å². The van der Waals surface area contributed by atoms with Crippen LogP contribution in [0.4, 0.5) is 0 Å². The van der Waals surface area contributed by atoms with E-state index in [-0.39, 0.29) is 0 Å². The second-order valence-electron chi connectivity index (χ2n) is 4.19. The van der Waals surface area contributed by atoms with Crippen molar-refractivity contribution in [3.63, 3.8) is 0 Å². The summed E-state index contributed by atoms with van der Waals surface area (Å²) in [5.41, 5.74) is 3.61. The second-order valence-corrected chi connectivity index (χ2v) is 4.19. The number of benzene rings is 2. The van der Waals surface area contributed by atoms with E-state index in [9.17, 15) is 0 Å². The molecule has 92 valence electrons. The topological polar surface area (TPSA) is 9.23 Å². The standard InChI is InChI=1S/C17H18O/c1-3-14-9-11-17(12-10-14)18-13-16-8-6-5-7-15(16)4-2/h4-12H,2-3,13H2,1H3. The van der Waals surface area contributed by atoms with Crippen LogP contribution in [0.2, 0.25) is 0 Å². The fourth-order valence-electron chi connectivity index (χ4n) is 1.85. The van der Waals surface area contributed by atoms with Crippen LogP contribution in [-0.4, -0.2) is 0 Å². The van der Waals surface area contributed by atoms with Crippen molar-refractivity contribution in [2.75, 3.05) is 0 Å². The Morgan fingerprint density at radius 1 is 1.06 bits per heavy atom. The van der Waals surface area contributed by atoms with Crippen LogP contribution in [0.1, 0.15) is 23.6 Å². The molecule has 0 aliphatic heterocycles. The number of aryl methyl sites for hydroxylation is 1. The van der Waals surface area contributed by atoms with E-state index in [1.165, 1.54) is 5.56 Å². The van der Waals surface area contributed by atoms with Crippen molar-refractivity contribution in [2.45, 2.75) is 20.0 Å². The molecule has 0 aliphatic rings. The Bertz CT molecular complexity index is 511. The van der Waals surface area contributed by atoms with Gasteiger partial charge in [0.25, 0.3) is 0 Å². The van der Waals surface area contributed by atoms with E-state index in [0.717, 1.165) is 23.3 Å². The molecule has 0 aromatic heterocycles. The maximum Gasteiger partial charge on any atom is 0.119 e. The van der Waals surface area contributed by atoms with Gasteiger partial charge in [-0.2, -0.15) is 0 Å².